The van der Waals surface area contributed by atoms with Crippen LogP contribution in [0.3, 0.4) is 0 Å². The van der Waals surface area contributed by atoms with Crippen molar-refractivity contribution in [3.05, 3.63) is 71.0 Å². The van der Waals surface area contributed by atoms with Gasteiger partial charge in [-0.15, -0.1) is 0 Å². The van der Waals surface area contributed by atoms with Gasteiger partial charge in [-0.2, -0.15) is 5.10 Å². The molecule has 2 amide bonds. The first kappa shape index (κ1) is 17.5. The topological polar surface area (TPSA) is 99.2 Å². The van der Waals surface area contributed by atoms with Crippen molar-refractivity contribution >= 4 is 29.1 Å². The lowest BCUT2D eigenvalue weighted by Gasteiger charge is -2.10. The number of hydrogen-bond acceptors (Lipinski definition) is 4. The number of halogens is 1. The van der Waals surface area contributed by atoms with Crippen molar-refractivity contribution in [2.75, 3.05) is 12.4 Å². The van der Waals surface area contributed by atoms with E-state index in [1.54, 1.807) is 41.2 Å². The summed E-state index contributed by atoms with van der Waals surface area (Å²) >= 11 is 5.87. The van der Waals surface area contributed by atoms with Crippen LogP contribution in [0.25, 0.3) is 5.69 Å². The van der Waals surface area contributed by atoms with Gasteiger partial charge < -0.3 is 15.8 Å². The lowest BCUT2D eigenvalue weighted by Crippen LogP contribution is -2.15. The molecule has 26 heavy (non-hydrogen) atoms. The van der Waals surface area contributed by atoms with E-state index in [1.165, 1.54) is 25.4 Å². The van der Waals surface area contributed by atoms with Crippen molar-refractivity contribution in [1.82, 2.24) is 9.78 Å². The maximum absolute atomic E-state index is 12.5. The number of nitrogens with two attached hydrogens (primary N) is 1. The molecule has 7 nitrogen and oxygen atoms in total. The average Bonchev–Trinajstić information content (AvgIpc) is 3.12. The molecule has 0 atom stereocenters. The third-order valence-corrected chi connectivity index (χ3v) is 3.92. The van der Waals surface area contributed by atoms with E-state index < -0.39 is 11.8 Å². The molecule has 0 unspecified atom stereocenters. The van der Waals surface area contributed by atoms with Crippen LogP contribution in [0.2, 0.25) is 5.02 Å². The second kappa shape index (κ2) is 7.28. The standard InChI is InChI=1S/C18H15ClN4O3/c1-26-16-7-2-11(17(20)24)8-15(16)22-18(25)12-9-21-23(10-12)14-5-3-13(19)4-6-14/h2-10H,1H3,(H2,20,24)(H,22,25). The van der Waals surface area contributed by atoms with Crippen LogP contribution in [-0.4, -0.2) is 28.7 Å². The Morgan fingerprint density at radius 3 is 2.54 bits per heavy atom. The Kier molecular flexibility index (Phi) is 4.90. The zero-order valence-electron chi connectivity index (χ0n) is 13.8. The van der Waals surface area contributed by atoms with Crippen molar-refractivity contribution in [3.8, 4) is 11.4 Å². The Morgan fingerprint density at radius 1 is 1.15 bits per heavy atom. The molecule has 0 radical (unpaired) electrons. The number of nitrogens with one attached hydrogen (secondary N) is 1. The van der Waals surface area contributed by atoms with E-state index in [4.69, 9.17) is 22.1 Å². The quantitative estimate of drug-likeness (QED) is 0.721. The number of ether oxygens (including phenoxy) is 1. The SMILES string of the molecule is COc1ccc(C(N)=O)cc1NC(=O)c1cnn(-c2ccc(Cl)cc2)c1. The predicted octanol–water partition coefficient (Wildman–Crippen LogP) is 2.89. The maximum atomic E-state index is 12.5. The van der Waals surface area contributed by atoms with Crippen LogP contribution >= 0.6 is 11.6 Å². The largest absolute Gasteiger partial charge is 0.495 e. The normalized spacial score (nSPS) is 10.4. The van der Waals surface area contributed by atoms with Gasteiger partial charge in [-0.1, -0.05) is 11.6 Å². The molecule has 0 aliphatic carbocycles. The molecule has 0 spiro atoms. The predicted molar refractivity (Wildman–Crippen MR) is 98.0 cm³/mol. The molecule has 0 aliphatic heterocycles. The summed E-state index contributed by atoms with van der Waals surface area (Å²) in [7, 11) is 1.47. The van der Waals surface area contributed by atoms with Gasteiger partial charge in [-0.05, 0) is 42.5 Å². The first-order valence-electron chi connectivity index (χ1n) is 7.58. The monoisotopic (exact) mass is 370 g/mol. The number of primary amides is 1. The van der Waals surface area contributed by atoms with E-state index >= 15 is 0 Å². The summed E-state index contributed by atoms with van der Waals surface area (Å²) in [6, 6.07) is 11.6. The molecule has 1 heterocycles. The van der Waals surface area contributed by atoms with Crippen LogP contribution in [0.5, 0.6) is 5.75 Å². The number of carbonyl (C=O) groups excluding carboxylic acids is 2. The highest BCUT2D eigenvalue weighted by atomic mass is 35.5. The lowest BCUT2D eigenvalue weighted by atomic mass is 10.1. The Hall–Kier alpha value is -3.32. The van der Waals surface area contributed by atoms with Gasteiger partial charge in [0.25, 0.3) is 5.91 Å². The number of carbonyl (C=O) groups is 2. The molecule has 0 saturated carbocycles. The van der Waals surface area contributed by atoms with E-state index in [-0.39, 0.29) is 5.56 Å². The van der Waals surface area contributed by atoms with E-state index in [2.05, 4.69) is 10.4 Å². The van der Waals surface area contributed by atoms with Crippen LogP contribution in [0.15, 0.2) is 54.9 Å². The van der Waals surface area contributed by atoms with Gasteiger partial charge in [-0.3, -0.25) is 9.59 Å². The molecule has 132 valence electrons. The van der Waals surface area contributed by atoms with Gasteiger partial charge in [0.1, 0.15) is 5.75 Å². The van der Waals surface area contributed by atoms with Gasteiger partial charge >= 0.3 is 0 Å². The summed E-state index contributed by atoms with van der Waals surface area (Å²) in [5.74, 6) is -0.586. The number of methoxy groups -OCH3 is 1. The summed E-state index contributed by atoms with van der Waals surface area (Å²) in [5.41, 5.74) is 6.99. The zero-order chi connectivity index (χ0) is 18.7. The zero-order valence-corrected chi connectivity index (χ0v) is 14.5. The van der Waals surface area contributed by atoms with Crippen molar-refractivity contribution in [2.24, 2.45) is 5.73 Å². The highest BCUT2D eigenvalue weighted by molar-refractivity contribution is 6.30. The molecule has 8 heteroatoms. The maximum Gasteiger partial charge on any atom is 0.258 e. The van der Waals surface area contributed by atoms with E-state index in [0.29, 0.717) is 22.0 Å². The van der Waals surface area contributed by atoms with Crippen LogP contribution < -0.4 is 15.8 Å². The molecule has 0 fully saturated rings. The molecule has 2 aromatic carbocycles. The third-order valence-electron chi connectivity index (χ3n) is 3.67. The molecule has 0 bridgehead atoms. The molecule has 0 saturated heterocycles. The van der Waals surface area contributed by atoms with Crippen LogP contribution in [0.1, 0.15) is 20.7 Å². The Bertz CT molecular complexity index is 967. The average molecular weight is 371 g/mol. The number of hydrogen-bond donors (Lipinski definition) is 2. The van der Waals surface area contributed by atoms with Crippen LogP contribution in [0.4, 0.5) is 5.69 Å². The molecule has 0 aliphatic rings. The van der Waals surface area contributed by atoms with Gasteiger partial charge in [-0.25, -0.2) is 4.68 Å². The summed E-state index contributed by atoms with van der Waals surface area (Å²) in [6.07, 6.45) is 3.03. The third kappa shape index (κ3) is 3.68. The molecular weight excluding hydrogens is 356 g/mol. The first-order chi connectivity index (χ1) is 12.5. The number of anilines is 1. The van der Waals surface area contributed by atoms with Crippen molar-refractivity contribution in [1.29, 1.82) is 0 Å². The summed E-state index contributed by atoms with van der Waals surface area (Å²) in [5, 5.41) is 7.49. The number of amides is 2. The van der Waals surface area contributed by atoms with Gasteiger partial charge in [0, 0.05) is 16.8 Å². The van der Waals surface area contributed by atoms with Gasteiger partial charge in [0.05, 0.1) is 30.2 Å². The van der Waals surface area contributed by atoms with E-state index in [9.17, 15) is 9.59 Å². The van der Waals surface area contributed by atoms with Crippen molar-refractivity contribution in [2.45, 2.75) is 0 Å². The van der Waals surface area contributed by atoms with Crippen molar-refractivity contribution in [3.63, 3.8) is 0 Å². The molecule has 3 aromatic rings. The molecular formula is C18H15ClN4O3. The van der Waals surface area contributed by atoms with Gasteiger partial charge in [0.2, 0.25) is 5.91 Å². The number of aromatic nitrogens is 2. The van der Waals surface area contributed by atoms with E-state index in [0.717, 1.165) is 5.69 Å². The lowest BCUT2D eigenvalue weighted by molar-refractivity contribution is 0.0996. The Balaban J connectivity index is 1.84. The highest BCUT2D eigenvalue weighted by Crippen LogP contribution is 2.26. The fourth-order valence-corrected chi connectivity index (χ4v) is 2.45. The minimum Gasteiger partial charge on any atom is -0.495 e. The number of rotatable bonds is 5. The molecule has 3 rings (SSSR count). The second-order valence-corrected chi connectivity index (χ2v) is 5.82. The summed E-state index contributed by atoms with van der Waals surface area (Å²) < 4.78 is 6.76. The highest BCUT2D eigenvalue weighted by Gasteiger charge is 2.14. The van der Waals surface area contributed by atoms with Crippen molar-refractivity contribution < 1.29 is 14.3 Å². The minimum atomic E-state index is -0.598. The van der Waals surface area contributed by atoms with Crippen LogP contribution in [0, 0.1) is 0 Å². The number of benzene rings is 2. The fourth-order valence-electron chi connectivity index (χ4n) is 2.33. The fraction of sp³-hybridized carbons (Fsp3) is 0.0556. The second-order valence-electron chi connectivity index (χ2n) is 5.38. The Morgan fingerprint density at radius 2 is 1.88 bits per heavy atom. The summed E-state index contributed by atoms with van der Waals surface area (Å²) in [6.45, 7) is 0. The minimum absolute atomic E-state index is 0.262. The smallest absolute Gasteiger partial charge is 0.258 e. The van der Waals surface area contributed by atoms with Gasteiger partial charge in [0.15, 0.2) is 0 Å². The first-order valence-corrected chi connectivity index (χ1v) is 7.95. The number of nitrogens with zero attached hydrogens (tertiary/aromatic N) is 2. The summed E-state index contributed by atoms with van der Waals surface area (Å²) in [4.78, 5) is 23.8. The Labute approximate surface area is 154 Å². The van der Waals surface area contributed by atoms with Crippen LogP contribution in [-0.2, 0) is 0 Å². The molecule has 1 aromatic heterocycles. The molecule has 3 N–H and O–H groups in total. The van der Waals surface area contributed by atoms with E-state index in [1.807, 2.05) is 0 Å².